The molecule has 0 N–H and O–H groups in total. The van der Waals surface area contributed by atoms with E-state index in [1.54, 1.807) is 42.5 Å². The molecule has 0 radical (unpaired) electrons. The van der Waals surface area contributed by atoms with Crippen LogP contribution in [0.3, 0.4) is 0 Å². The third kappa shape index (κ3) is 3.19. The first-order chi connectivity index (χ1) is 15.7. The number of hydrogen-bond donors (Lipinski definition) is 0. The molecule has 0 bridgehead atoms. The lowest BCUT2D eigenvalue weighted by Gasteiger charge is -2.15. The fourth-order valence-corrected chi connectivity index (χ4v) is 5.55. The Hall–Kier alpha value is -3.71. The van der Waals surface area contributed by atoms with Crippen molar-refractivity contribution in [3.8, 4) is 0 Å². The lowest BCUT2D eigenvalue weighted by Crippen LogP contribution is -2.29. The first kappa shape index (κ1) is 21.2. The van der Waals surface area contributed by atoms with Crippen LogP contribution >= 0.6 is 0 Å². The van der Waals surface area contributed by atoms with Crippen molar-refractivity contribution in [3.05, 3.63) is 95.2 Å². The van der Waals surface area contributed by atoms with Gasteiger partial charge in [-0.25, -0.2) is 17.3 Å². The van der Waals surface area contributed by atoms with E-state index in [0.717, 1.165) is 20.0 Å². The van der Waals surface area contributed by atoms with Crippen molar-refractivity contribution >= 4 is 38.4 Å². The van der Waals surface area contributed by atoms with E-state index in [1.165, 1.54) is 18.3 Å². The van der Waals surface area contributed by atoms with Crippen LogP contribution in [0.15, 0.2) is 77.8 Å². The van der Waals surface area contributed by atoms with Crippen LogP contribution in [-0.2, 0) is 10.0 Å². The number of carbonyl (C=O) groups excluding carboxylic acids is 2. The maximum absolute atomic E-state index is 13.5. The summed E-state index contributed by atoms with van der Waals surface area (Å²) in [4.78, 5) is 27.9. The lowest BCUT2D eigenvalue weighted by atomic mass is 10.0. The summed E-state index contributed by atoms with van der Waals surface area (Å²) in [5, 5.41) is 0.572. The highest BCUT2D eigenvalue weighted by molar-refractivity contribution is 7.90. The number of anilines is 1. The van der Waals surface area contributed by atoms with Crippen molar-refractivity contribution < 1.29 is 18.0 Å². The fourth-order valence-electron chi connectivity index (χ4n) is 4.19. The van der Waals surface area contributed by atoms with Crippen molar-refractivity contribution in [3.63, 3.8) is 0 Å². The van der Waals surface area contributed by atoms with E-state index in [4.69, 9.17) is 0 Å². The number of amides is 2. The maximum atomic E-state index is 13.5. The van der Waals surface area contributed by atoms with Gasteiger partial charge in [-0.15, -0.1) is 0 Å². The number of aryl methyl sites for hydroxylation is 1. The predicted octanol–water partition coefficient (Wildman–Crippen LogP) is 5.11. The van der Waals surface area contributed by atoms with Gasteiger partial charge in [0.15, 0.2) is 0 Å². The summed E-state index contributed by atoms with van der Waals surface area (Å²) in [7, 11) is -3.96. The second-order valence-electron chi connectivity index (χ2n) is 8.55. The van der Waals surface area contributed by atoms with E-state index in [-0.39, 0.29) is 21.5 Å². The van der Waals surface area contributed by atoms with Crippen molar-refractivity contribution in [2.24, 2.45) is 0 Å². The van der Waals surface area contributed by atoms with E-state index < -0.39 is 21.8 Å². The van der Waals surface area contributed by atoms with E-state index in [9.17, 15) is 18.0 Å². The smallest absolute Gasteiger partial charge is 0.268 e. The van der Waals surface area contributed by atoms with Gasteiger partial charge in [0, 0.05) is 11.6 Å². The molecule has 0 unspecified atom stereocenters. The minimum Gasteiger partial charge on any atom is -0.268 e. The summed E-state index contributed by atoms with van der Waals surface area (Å²) in [6.07, 6.45) is 1.43. The van der Waals surface area contributed by atoms with Crippen molar-refractivity contribution in [2.45, 2.75) is 31.6 Å². The van der Waals surface area contributed by atoms with Crippen molar-refractivity contribution in [1.82, 2.24) is 3.97 Å². The summed E-state index contributed by atoms with van der Waals surface area (Å²) < 4.78 is 27.9. The number of aromatic nitrogens is 1. The number of benzene rings is 3. The van der Waals surface area contributed by atoms with E-state index in [2.05, 4.69) is 13.8 Å². The fraction of sp³-hybridized carbons (Fsp3) is 0.154. The van der Waals surface area contributed by atoms with Crippen LogP contribution in [0.5, 0.6) is 0 Å². The Kier molecular flexibility index (Phi) is 4.76. The molecule has 2 heterocycles. The van der Waals surface area contributed by atoms with Crippen LogP contribution in [0.2, 0.25) is 0 Å². The number of rotatable bonds is 4. The molecule has 0 saturated carbocycles. The van der Waals surface area contributed by atoms with E-state index in [0.29, 0.717) is 17.0 Å². The molecule has 5 rings (SSSR count). The number of hydrogen-bond acceptors (Lipinski definition) is 4. The average Bonchev–Trinajstić information content (AvgIpc) is 3.33. The van der Waals surface area contributed by atoms with Gasteiger partial charge in [0.25, 0.3) is 21.8 Å². The summed E-state index contributed by atoms with van der Waals surface area (Å²) in [5.41, 5.74) is 3.00. The Morgan fingerprint density at radius 3 is 2.09 bits per heavy atom. The Balaban J connectivity index is 1.67. The number of carbonyl (C=O) groups is 2. The van der Waals surface area contributed by atoms with Crippen LogP contribution in [0, 0.1) is 6.92 Å². The Bertz CT molecular complexity index is 1530. The van der Waals surface area contributed by atoms with Gasteiger partial charge in [0.05, 0.1) is 27.2 Å². The average molecular weight is 459 g/mol. The molecule has 1 aromatic heterocycles. The molecule has 0 aliphatic carbocycles. The lowest BCUT2D eigenvalue weighted by molar-refractivity contribution is 0.0926. The molecular weight excluding hydrogens is 436 g/mol. The zero-order valence-electron chi connectivity index (χ0n) is 18.4. The molecule has 3 aromatic carbocycles. The summed E-state index contributed by atoms with van der Waals surface area (Å²) >= 11 is 0. The maximum Gasteiger partial charge on any atom is 0.268 e. The molecular formula is C26H22N2O4S. The molecule has 4 aromatic rings. The first-order valence-corrected chi connectivity index (χ1v) is 12.1. The largest absolute Gasteiger partial charge is 0.268 e. The minimum absolute atomic E-state index is 0.103. The zero-order valence-corrected chi connectivity index (χ0v) is 19.3. The molecule has 0 spiro atoms. The normalized spacial score (nSPS) is 13.9. The highest BCUT2D eigenvalue weighted by Gasteiger charge is 2.40. The van der Waals surface area contributed by atoms with Crippen LogP contribution in [0.25, 0.3) is 10.9 Å². The first-order valence-electron chi connectivity index (χ1n) is 10.6. The van der Waals surface area contributed by atoms with Crippen LogP contribution in [-0.4, -0.2) is 24.2 Å². The van der Waals surface area contributed by atoms with Gasteiger partial charge in [-0.3, -0.25) is 9.59 Å². The van der Waals surface area contributed by atoms with Gasteiger partial charge in [-0.1, -0.05) is 49.7 Å². The predicted molar refractivity (Wildman–Crippen MR) is 127 cm³/mol. The SMILES string of the molecule is Cc1ccc(S(=O)(=O)n2ccc3ccc4c(c32)C(=O)N(c2ccc(C(C)C)cc2)C4=O)cc1. The Morgan fingerprint density at radius 1 is 0.788 bits per heavy atom. The third-order valence-corrected chi connectivity index (χ3v) is 7.76. The summed E-state index contributed by atoms with van der Waals surface area (Å²) in [6.45, 7) is 6.01. The van der Waals surface area contributed by atoms with Crippen LogP contribution in [0.4, 0.5) is 5.69 Å². The molecule has 1 aliphatic rings. The number of fused-ring (bicyclic) bond motifs is 3. The van der Waals surface area contributed by atoms with Gasteiger partial charge < -0.3 is 0 Å². The third-order valence-electron chi connectivity index (χ3n) is 6.07. The second kappa shape index (κ2) is 7.42. The van der Waals surface area contributed by atoms with Gasteiger partial charge >= 0.3 is 0 Å². The standard InChI is InChI=1S/C26H22N2O4S/c1-16(2)18-6-9-20(10-7-18)28-25(29)22-13-8-19-14-15-27(24(19)23(22)26(28)30)33(31,32)21-11-4-17(3)5-12-21/h4-16H,1-3H3. The quantitative estimate of drug-likeness (QED) is 0.398. The van der Waals surface area contributed by atoms with Gasteiger partial charge in [0.2, 0.25) is 0 Å². The van der Waals surface area contributed by atoms with Gasteiger partial charge in [-0.05, 0) is 54.8 Å². The number of imide groups is 1. The molecule has 2 amide bonds. The minimum atomic E-state index is -3.96. The molecule has 1 aliphatic heterocycles. The molecule has 7 heteroatoms. The Labute approximate surface area is 192 Å². The highest BCUT2D eigenvalue weighted by Crippen LogP contribution is 2.35. The summed E-state index contributed by atoms with van der Waals surface area (Å²) in [6, 6.07) is 18.7. The van der Waals surface area contributed by atoms with Crippen LogP contribution < -0.4 is 4.90 Å². The van der Waals surface area contributed by atoms with Gasteiger partial charge in [-0.2, -0.15) is 0 Å². The molecule has 0 atom stereocenters. The molecule has 166 valence electrons. The van der Waals surface area contributed by atoms with Crippen LogP contribution in [0.1, 0.15) is 51.6 Å². The topological polar surface area (TPSA) is 76.5 Å². The molecule has 0 fully saturated rings. The summed E-state index contributed by atoms with van der Waals surface area (Å²) in [5.74, 6) is -0.678. The zero-order chi connectivity index (χ0) is 23.5. The number of nitrogens with zero attached hydrogens (tertiary/aromatic N) is 2. The van der Waals surface area contributed by atoms with Crippen molar-refractivity contribution in [2.75, 3.05) is 4.90 Å². The second-order valence-corrected chi connectivity index (χ2v) is 10.4. The van der Waals surface area contributed by atoms with Gasteiger partial charge in [0.1, 0.15) is 0 Å². The van der Waals surface area contributed by atoms with Crippen molar-refractivity contribution in [1.29, 1.82) is 0 Å². The molecule has 33 heavy (non-hydrogen) atoms. The van der Waals surface area contributed by atoms with E-state index >= 15 is 0 Å². The Morgan fingerprint density at radius 2 is 1.45 bits per heavy atom. The monoisotopic (exact) mass is 458 g/mol. The molecule has 0 saturated heterocycles. The highest BCUT2D eigenvalue weighted by atomic mass is 32.2. The van der Waals surface area contributed by atoms with E-state index in [1.807, 2.05) is 19.1 Å². The molecule has 6 nitrogen and oxygen atoms in total.